The number of thioether (sulfide) groups is 1. The van der Waals surface area contributed by atoms with E-state index < -0.39 is 0 Å². The van der Waals surface area contributed by atoms with Gasteiger partial charge < -0.3 is 15.9 Å². The largest absolute Gasteiger partial charge is 0.504 e. The summed E-state index contributed by atoms with van der Waals surface area (Å²) in [6, 6.07) is 9.55. The third-order valence-electron chi connectivity index (χ3n) is 3.02. The van der Waals surface area contributed by atoms with Gasteiger partial charge in [-0.15, -0.1) is 11.3 Å². The number of aromatic hydroxyl groups is 2. The number of hydrogen-bond acceptors (Lipinski definition) is 7. The van der Waals surface area contributed by atoms with Crippen LogP contribution in [-0.4, -0.2) is 26.7 Å². The Morgan fingerprint density at radius 3 is 2.77 bits per heavy atom. The van der Waals surface area contributed by atoms with Gasteiger partial charge in [0.05, 0.1) is 16.0 Å². The minimum atomic E-state index is -0.300. The Morgan fingerprint density at radius 2 is 2.00 bits per heavy atom. The van der Waals surface area contributed by atoms with Gasteiger partial charge in [-0.05, 0) is 36.4 Å². The van der Waals surface area contributed by atoms with E-state index in [4.69, 9.17) is 5.73 Å². The SMILES string of the molecule is Nc1ccc2nc(SCC(=O)c3ccc(O)c(O)c3)sc2c1. The summed E-state index contributed by atoms with van der Waals surface area (Å²) in [7, 11) is 0. The smallest absolute Gasteiger partial charge is 0.173 e. The predicted octanol–water partition coefficient (Wildman–Crippen LogP) is 3.26. The summed E-state index contributed by atoms with van der Waals surface area (Å²) >= 11 is 2.82. The topological polar surface area (TPSA) is 96.4 Å². The Hall–Kier alpha value is -2.25. The van der Waals surface area contributed by atoms with Crippen molar-refractivity contribution in [3.8, 4) is 11.5 Å². The Labute approximate surface area is 134 Å². The maximum Gasteiger partial charge on any atom is 0.173 e. The van der Waals surface area contributed by atoms with E-state index in [1.165, 1.54) is 41.3 Å². The molecule has 3 aromatic rings. The van der Waals surface area contributed by atoms with Crippen molar-refractivity contribution < 1.29 is 15.0 Å². The van der Waals surface area contributed by atoms with Crippen molar-refractivity contribution in [2.24, 2.45) is 0 Å². The van der Waals surface area contributed by atoms with Gasteiger partial charge in [0.1, 0.15) is 0 Å². The van der Waals surface area contributed by atoms with E-state index in [1.54, 1.807) is 6.07 Å². The first-order valence-corrected chi connectivity index (χ1v) is 8.17. The lowest BCUT2D eigenvalue weighted by Crippen LogP contribution is -2.01. The molecule has 1 aromatic heterocycles. The molecule has 112 valence electrons. The number of carbonyl (C=O) groups is 1. The lowest BCUT2D eigenvalue weighted by atomic mass is 10.1. The number of phenolic OH excluding ortho intramolecular Hbond substituents is 2. The van der Waals surface area contributed by atoms with E-state index >= 15 is 0 Å². The molecule has 0 aliphatic carbocycles. The van der Waals surface area contributed by atoms with Crippen LogP contribution in [-0.2, 0) is 0 Å². The maximum atomic E-state index is 12.1. The van der Waals surface area contributed by atoms with Crippen molar-refractivity contribution >= 4 is 44.8 Å². The van der Waals surface area contributed by atoms with Crippen LogP contribution in [0.5, 0.6) is 11.5 Å². The summed E-state index contributed by atoms with van der Waals surface area (Å²) < 4.78 is 1.77. The minimum absolute atomic E-state index is 0.140. The van der Waals surface area contributed by atoms with E-state index in [0.717, 1.165) is 14.6 Å². The molecule has 0 saturated heterocycles. The number of nitrogens with zero attached hydrogens (tertiary/aromatic N) is 1. The molecule has 1 heterocycles. The predicted molar refractivity (Wildman–Crippen MR) is 88.9 cm³/mol. The van der Waals surface area contributed by atoms with Gasteiger partial charge in [-0.3, -0.25) is 4.79 Å². The molecular weight excluding hydrogens is 320 g/mol. The van der Waals surface area contributed by atoms with Gasteiger partial charge in [-0.1, -0.05) is 11.8 Å². The molecule has 0 aliphatic heterocycles. The summed E-state index contributed by atoms with van der Waals surface area (Å²) in [5, 5.41) is 18.7. The summed E-state index contributed by atoms with van der Waals surface area (Å²) in [5.41, 5.74) is 7.63. The number of thiazole rings is 1. The van der Waals surface area contributed by atoms with Gasteiger partial charge in [-0.2, -0.15) is 0 Å². The van der Waals surface area contributed by atoms with Crippen LogP contribution in [0.4, 0.5) is 5.69 Å². The molecule has 0 fully saturated rings. The molecule has 0 aliphatic rings. The molecule has 0 amide bonds. The molecule has 3 rings (SSSR count). The van der Waals surface area contributed by atoms with Crippen LogP contribution in [0, 0.1) is 0 Å². The van der Waals surface area contributed by atoms with Crippen LogP contribution < -0.4 is 5.73 Å². The molecule has 5 nitrogen and oxygen atoms in total. The molecule has 7 heteroatoms. The van der Waals surface area contributed by atoms with Gasteiger partial charge >= 0.3 is 0 Å². The highest BCUT2D eigenvalue weighted by atomic mass is 32.2. The van der Waals surface area contributed by atoms with Crippen LogP contribution in [0.3, 0.4) is 0 Å². The molecule has 0 atom stereocenters. The number of ketones is 1. The van der Waals surface area contributed by atoms with Crippen molar-refractivity contribution in [2.45, 2.75) is 4.34 Å². The first-order valence-electron chi connectivity index (χ1n) is 6.37. The van der Waals surface area contributed by atoms with E-state index in [-0.39, 0.29) is 23.0 Å². The van der Waals surface area contributed by atoms with Crippen LogP contribution in [0.2, 0.25) is 0 Å². The zero-order valence-electron chi connectivity index (χ0n) is 11.3. The van der Waals surface area contributed by atoms with E-state index in [9.17, 15) is 15.0 Å². The van der Waals surface area contributed by atoms with Crippen molar-refractivity contribution in [2.75, 3.05) is 11.5 Å². The molecule has 0 saturated carbocycles. The monoisotopic (exact) mass is 332 g/mol. The van der Waals surface area contributed by atoms with Crippen molar-refractivity contribution in [3.63, 3.8) is 0 Å². The van der Waals surface area contributed by atoms with Crippen molar-refractivity contribution in [3.05, 3.63) is 42.0 Å². The fraction of sp³-hybridized carbons (Fsp3) is 0.0667. The second kappa shape index (κ2) is 5.86. The lowest BCUT2D eigenvalue weighted by Gasteiger charge is -2.02. The van der Waals surface area contributed by atoms with Crippen molar-refractivity contribution in [1.29, 1.82) is 0 Å². The van der Waals surface area contributed by atoms with E-state index in [1.807, 2.05) is 12.1 Å². The number of Topliss-reactive ketones (excluding diaryl/α,β-unsaturated/α-hetero) is 1. The minimum Gasteiger partial charge on any atom is -0.504 e. The first-order chi connectivity index (χ1) is 10.5. The number of nitrogens with two attached hydrogens (primary N) is 1. The van der Waals surface area contributed by atoms with Gasteiger partial charge in [0.15, 0.2) is 21.6 Å². The summed E-state index contributed by atoms with van der Waals surface area (Å²) in [6.07, 6.45) is 0. The van der Waals surface area contributed by atoms with Gasteiger partial charge in [0, 0.05) is 11.3 Å². The highest BCUT2D eigenvalue weighted by molar-refractivity contribution is 8.01. The summed E-state index contributed by atoms with van der Waals surface area (Å²) in [4.78, 5) is 16.5. The Kier molecular flexibility index (Phi) is 3.91. The van der Waals surface area contributed by atoms with Gasteiger partial charge in [0.25, 0.3) is 0 Å². The van der Waals surface area contributed by atoms with Gasteiger partial charge in [0.2, 0.25) is 0 Å². The zero-order valence-corrected chi connectivity index (χ0v) is 12.9. The highest BCUT2D eigenvalue weighted by Gasteiger charge is 2.11. The molecule has 0 unspecified atom stereocenters. The number of aromatic nitrogens is 1. The first kappa shape index (κ1) is 14.7. The van der Waals surface area contributed by atoms with E-state index in [0.29, 0.717) is 11.3 Å². The number of phenols is 2. The second-order valence-corrected chi connectivity index (χ2v) is 6.88. The molecule has 2 aromatic carbocycles. The summed E-state index contributed by atoms with van der Waals surface area (Å²) in [6.45, 7) is 0. The number of nitrogen functional groups attached to an aromatic ring is 1. The quantitative estimate of drug-likeness (QED) is 0.294. The number of fused-ring (bicyclic) bond motifs is 1. The number of rotatable bonds is 4. The number of anilines is 1. The molecule has 4 N–H and O–H groups in total. The average Bonchev–Trinajstić information content (AvgIpc) is 2.89. The highest BCUT2D eigenvalue weighted by Crippen LogP contribution is 2.31. The van der Waals surface area contributed by atoms with E-state index in [2.05, 4.69) is 4.98 Å². The standard InChI is InChI=1S/C15H12N2O3S2/c16-9-2-3-10-14(6-9)22-15(17-10)21-7-13(20)8-1-4-11(18)12(19)5-8/h1-6,18-19H,7,16H2. The fourth-order valence-corrected chi connectivity index (χ4v) is 3.90. The molecule has 0 spiro atoms. The number of benzene rings is 2. The third kappa shape index (κ3) is 3.00. The van der Waals surface area contributed by atoms with Crippen LogP contribution in [0.15, 0.2) is 40.7 Å². The molecule has 0 radical (unpaired) electrons. The lowest BCUT2D eigenvalue weighted by molar-refractivity contribution is 0.102. The number of carbonyl (C=O) groups excluding carboxylic acids is 1. The Morgan fingerprint density at radius 1 is 1.18 bits per heavy atom. The molecule has 22 heavy (non-hydrogen) atoms. The Bertz CT molecular complexity index is 861. The molecule has 0 bridgehead atoms. The summed E-state index contributed by atoms with van der Waals surface area (Å²) in [5.74, 6) is -0.474. The Balaban J connectivity index is 1.72. The van der Waals surface area contributed by atoms with Crippen LogP contribution >= 0.6 is 23.1 Å². The van der Waals surface area contributed by atoms with Crippen LogP contribution in [0.25, 0.3) is 10.2 Å². The second-order valence-electron chi connectivity index (χ2n) is 4.62. The fourth-order valence-electron chi connectivity index (χ4n) is 1.89. The molecular formula is C15H12N2O3S2. The van der Waals surface area contributed by atoms with Gasteiger partial charge in [-0.25, -0.2) is 4.98 Å². The normalized spacial score (nSPS) is 10.9. The van der Waals surface area contributed by atoms with Crippen molar-refractivity contribution in [1.82, 2.24) is 4.98 Å². The number of hydrogen-bond donors (Lipinski definition) is 3. The zero-order chi connectivity index (χ0) is 15.7. The third-order valence-corrected chi connectivity index (χ3v) is 5.18. The maximum absolute atomic E-state index is 12.1. The average molecular weight is 332 g/mol. The van der Waals surface area contributed by atoms with Crippen LogP contribution in [0.1, 0.15) is 10.4 Å².